The minimum Gasteiger partial charge on any atom is -0.488 e. The first-order chi connectivity index (χ1) is 14.3. The van der Waals surface area contributed by atoms with Crippen molar-refractivity contribution >= 4 is 22.0 Å². The number of carbonyl (C=O) groups is 2. The highest BCUT2D eigenvalue weighted by molar-refractivity contribution is 7.89. The lowest BCUT2D eigenvalue weighted by atomic mass is 10.0. The van der Waals surface area contributed by atoms with E-state index in [1.807, 2.05) is 0 Å². The van der Waals surface area contributed by atoms with Crippen molar-refractivity contribution in [3.8, 4) is 5.75 Å². The van der Waals surface area contributed by atoms with Crippen LogP contribution in [-0.2, 0) is 14.8 Å². The van der Waals surface area contributed by atoms with Crippen LogP contribution in [0.15, 0.2) is 12.1 Å². The molecule has 0 aromatic heterocycles. The molecular weight excluding hydrogens is 427 g/mol. The van der Waals surface area contributed by atoms with Crippen LogP contribution in [0.2, 0.25) is 0 Å². The first-order valence-corrected chi connectivity index (χ1v) is 12.2. The van der Waals surface area contributed by atoms with Gasteiger partial charge in [0.25, 0.3) is 5.91 Å². The van der Waals surface area contributed by atoms with Gasteiger partial charge < -0.3 is 14.4 Å². The molecule has 1 atom stereocenters. The number of piperidine rings is 1. The highest BCUT2D eigenvalue weighted by atomic mass is 32.2. The van der Waals surface area contributed by atoms with Crippen molar-refractivity contribution in [2.75, 3.05) is 19.3 Å². The van der Waals surface area contributed by atoms with Crippen molar-refractivity contribution in [2.24, 2.45) is 0 Å². The van der Waals surface area contributed by atoms with Crippen LogP contribution in [0.4, 0.5) is 9.18 Å². The molecule has 2 aliphatic rings. The Balaban J connectivity index is 1.77. The summed E-state index contributed by atoms with van der Waals surface area (Å²) in [6, 6.07) is 2.51. The molecule has 1 saturated carbocycles. The summed E-state index contributed by atoms with van der Waals surface area (Å²) < 4.78 is 50.6. The van der Waals surface area contributed by atoms with Crippen molar-refractivity contribution in [2.45, 2.75) is 64.1 Å². The first kappa shape index (κ1) is 23.3. The predicted octanol–water partition coefficient (Wildman–Crippen LogP) is 3.17. The van der Waals surface area contributed by atoms with E-state index < -0.39 is 33.4 Å². The summed E-state index contributed by atoms with van der Waals surface area (Å²) in [6.07, 6.45) is 3.26. The number of carbonyl (C=O) groups excluding carboxylic acids is 2. The summed E-state index contributed by atoms with van der Waals surface area (Å²) in [5.74, 6) is -1.42. The largest absolute Gasteiger partial charge is 0.488 e. The standard InChI is InChI=1S/C21H29FN2O6S/c1-21(2,3)30-20(26)24-9-5-6-14(12-24)29-18-11-17(22)16(10-15(18)13-7-8-13)19(25)23-31(4,27)28/h10-11,13-14H,5-9,12H2,1-4H3,(H,23,25)/t14-/m1/s1. The fourth-order valence-corrected chi connectivity index (χ4v) is 3.94. The maximum Gasteiger partial charge on any atom is 0.410 e. The van der Waals surface area contributed by atoms with Gasteiger partial charge in [-0.1, -0.05) is 0 Å². The Morgan fingerprint density at radius 2 is 1.87 bits per heavy atom. The third kappa shape index (κ3) is 6.56. The maximum atomic E-state index is 14.7. The highest BCUT2D eigenvalue weighted by Gasteiger charge is 2.33. The number of likely N-dealkylation sites (tertiary alicyclic amines) is 1. The maximum absolute atomic E-state index is 14.7. The Bertz CT molecular complexity index is 969. The molecule has 3 rings (SSSR count). The molecule has 1 aliphatic carbocycles. The van der Waals surface area contributed by atoms with Crippen molar-refractivity contribution in [1.29, 1.82) is 0 Å². The number of hydrogen-bond acceptors (Lipinski definition) is 6. The average molecular weight is 457 g/mol. The molecular formula is C21H29FN2O6S. The van der Waals surface area contributed by atoms with Gasteiger partial charge in [0, 0.05) is 12.6 Å². The number of benzene rings is 1. The van der Waals surface area contributed by atoms with Gasteiger partial charge >= 0.3 is 6.09 Å². The van der Waals surface area contributed by atoms with E-state index in [4.69, 9.17) is 9.47 Å². The smallest absolute Gasteiger partial charge is 0.410 e. The third-order valence-electron chi connectivity index (χ3n) is 4.96. The number of rotatable bonds is 5. The number of halogens is 1. The van der Waals surface area contributed by atoms with E-state index in [1.165, 1.54) is 6.07 Å². The van der Waals surface area contributed by atoms with Gasteiger partial charge in [-0.25, -0.2) is 22.3 Å². The van der Waals surface area contributed by atoms with E-state index in [2.05, 4.69) is 0 Å². The molecule has 1 heterocycles. The molecule has 1 saturated heterocycles. The Hall–Kier alpha value is -2.36. The molecule has 0 unspecified atom stereocenters. The van der Waals surface area contributed by atoms with E-state index in [0.717, 1.165) is 31.6 Å². The van der Waals surface area contributed by atoms with E-state index >= 15 is 0 Å². The molecule has 172 valence electrons. The van der Waals surface area contributed by atoms with Crippen molar-refractivity contribution in [3.63, 3.8) is 0 Å². The third-order valence-corrected chi connectivity index (χ3v) is 5.52. The van der Waals surface area contributed by atoms with Crippen LogP contribution in [-0.4, -0.2) is 56.4 Å². The zero-order valence-electron chi connectivity index (χ0n) is 18.2. The molecule has 31 heavy (non-hydrogen) atoms. The highest BCUT2D eigenvalue weighted by Crippen LogP contribution is 2.45. The van der Waals surface area contributed by atoms with Gasteiger partial charge in [-0.2, -0.15) is 0 Å². The second-order valence-electron chi connectivity index (χ2n) is 9.16. The van der Waals surface area contributed by atoms with Crippen LogP contribution in [0, 0.1) is 5.82 Å². The zero-order valence-corrected chi connectivity index (χ0v) is 19.1. The second kappa shape index (κ2) is 8.64. The molecule has 0 spiro atoms. The van der Waals surface area contributed by atoms with Crippen LogP contribution >= 0.6 is 0 Å². The molecule has 10 heteroatoms. The number of nitrogens with one attached hydrogen (secondary N) is 1. The zero-order chi connectivity index (χ0) is 23.0. The van der Waals surface area contributed by atoms with Gasteiger partial charge in [0.1, 0.15) is 23.3 Å². The molecule has 1 aromatic carbocycles. The van der Waals surface area contributed by atoms with Crippen molar-refractivity contribution < 1.29 is 31.9 Å². The fourth-order valence-electron chi connectivity index (χ4n) is 3.49. The molecule has 1 N–H and O–H groups in total. The minimum absolute atomic E-state index is 0.130. The lowest BCUT2D eigenvalue weighted by molar-refractivity contribution is 0.00760. The van der Waals surface area contributed by atoms with E-state index in [0.29, 0.717) is 30.8 Å². The number of ether oxygens (including phenoxy) is 2. The lowest BCUT2D eigenvalue weighted by Gasteiger charge is -2.34. The van der Waals surface area contributed by atoms with Gasteiger partial charge in [-0.3, -0.25) is 4.79 Å². The topological polar surface area (TPSA) is 102 Å². The summed E-state index contributed by atoms with van der Waals surface area (Å²) >= 11 is 0. The first-order valence-electron chi connectivity index (χ1n) is 10.3. The van der Waals surface area contributed by atoms with Crippen molar-refractivity contribution in [3.05, 3.63) is 29.1 Å². The number of nitrogens with zero attached hydrogens (tertiary/aromatic N) is 1. The summed E-state index contributed by atoms with van der Waals surface area (Å²) in [5.41, 5.74) is -0.261. The normalized spacial score (nSPS) is 19.6. The minimum atomic E-state index is -3.81. The van der Waals surface area contributed by atoms with Crippen LogP contribution < -0.4 is 9.46 Å². The lowest BCUT2D eigenvalue weighted by Crippen LogP contribution is -2.46. The van der Waals surface area contributed by atoms with Gasteiger partial charge in [0.2, 0.25) is 10.0 Å². The Kier molecular flexibility index (Phi) is 6.50. The molecule has 8 nitrogen and oxygen atoms in total. The predicted molar refractivity (Wildman–Crippen MR) is 112 cm³/mol. The molecule has 2 fully saturated rings. The summed E-state index contributed by atoms with van der Waals surface area (Å²) in [6.45, 7) is 6.28. The van der Waals surface area contributed by atoms with Gasteiger partial charge in [0.05, 0.1) is 18.4 Å². The Morgan fingerprint density at radius 3 is 2.45 bits per heavy atom. The van der Waals surface area contributed by atoms with Gasteiger partial charge in [-0.15, -0.1) is 0 Å². The molecule has 1 aliphatic heterocycles. The van der Waals surface area contributed by atoms with Crippen LogP contribution in [0.3, 0.4) is 0 Å². The quantitative estimate of drug-likeness (QED) is 0.730. The molecule has 2 amide bonds. The second-order valence-corrected chi connectivity index (χ2v) is 10.9. The van der Waals surface area contributed by atoms with Crippen LogP contribution in [0.1, 0.15) is 68.3 Å². The average Bonchev–Trinajstić information content (AvgIpc) is 3.44. The van der Waals surface area contributed by atoms with Crippen LogP contribution in [0.5, 0.6) is 5.75 Å². The van der Waals surface area contributed by atoms with Gasteiger partial charge in [0.15, 0.2) is 0 Å². The summed E-state index contributed by atoms with van der Waals surface area (Å²) in [5, 5.41) is 0. The molecule has 1 aromatic rings. The number of hydrogen-bond donors (Lipinski definition) is 1. The Morgan fingerprint density at radius 1 is 1.19 bits per heavy atom. The number of amides is 2. The van der Waals surface area contributed by atoms with Crippen LogP contribution in [0.25, 0.3) is 0 Å². The monoisotopic (exact) mass is 456 g/mol. The molecule has 0 radical (unpaired) electrons. The van der Waals surface area contributed by atoms with E-state index in [-0.39, 0.29) is 17.6 Å². The summed E-state index contributed by atoms with van der Waals surface area (Å²) in [4.78, 5) is 26.1. The van der Waals surface area contributed by atoms with Gasteiger partial charge in [-0.05, 0) is 64.0 Å². The number of sulfonamides is 1. The fraction of sp³-hybridized carbons (Fsp3) is 0.619. The molecule has 0 bridgehead atoms. The summed E-state index contributed by atoms with van der Waals surface area (Å²) in [7, 11) is -3.81. The SMILES string of the molecule is CC(C)(C)OC(=O)N1CCC[C@@H](Oc2cc(F)c(C(=O)NS(C)(=O)=O)cc2C2CC2)C1. The van der Waals surface area contributed by atoms with E-state index in [9.17, 15) is 22.4 Å². The van der Waals surface area contributed by atoms with Crippen molar-refractivity contribution in [1.82, 2.24) is 9.62 Å². The Labute approximate surface area is 182 Å². The van der Waals surface area contributed by atoms with E-state index in [1.54, 1.807) is 30.4 Å².